The van der Waals surface area contributed by atoms with Crippen LogP contribution in [0.15, 0.2) is 54.6 Å². The zero-order valence-electron chi connectivity index (χ0n) is 22.9. The van der Waals surface area contributed by atoms with Crippen LogP contribution in [0, 0.1) is 24.1 Å². The third-order valence-corrected chi connectivity index (χ3v) is 9.05. The number of carbonyl (C=O) groups excluding carboxylic acids is 1. The molecular weight excluding hydrogens is 459 g/mol. The molecule has 0 saturated heterocycles. The van der Waals surface area contributed by atoms with E-state index in [0.717, 1.165) is 41.7 Å². The van der Waals surface area contributed by atoms with Gasteiger partial charge >= 0.3 is 0 Å². The predicted octanol–water partition coefficient (Wildman–Crippen LogP) is 8.93. The molecule has 0 radical (unpaired) electrons. The molecule has 194 valence electrons. The monoisotopic (exact) mass is 498 g/mol. The van der Waals surface area contributed by atoms with E-state index in [0.29, 0.717) is 18.1 Å². The summed E-state index contributed by atoms with van der Waals surface area (Å²) in [6, 6.07) is 18.2. The quantitative estimate of drug-likeness (QED) is 0.325. The van der Waals surface area contributed by atoms with E-state index >= 15 is 0 Å². The molecule has 3 aromatic carbocycles. The number of rotatable bonds is 7. The number of Topliss-reactive ketones (excluding diaryl/α,β-unsaturated/α-hetero) is 1. The molecule has 37 heavy (non-hydrogen) atoms. The molecule has 1 saturated carbocycles. The summed E-state index contributed by atoms with van der Waals surface area (Å²) >= 11 is 0. The van der Waals surface area contributed by atoms with Gasteiger partial charge in [0.2, 0.25) is 0 Å². The van der Waals surface area contributed by atoms with Gasteiger partial charge in [-0.15, -0.1) is 0 Å². The Kier molecular flexibility index (Phi) is 7.00. The van der Waals surface area contributed by atoms with Gasteiger partial charge in [0.15, 0.2) is 0 Å². The molecule has 0 aliphatic heterocycles. The number of halogens is 1. The largest absolute Gasteiger partial charge is 0.489 e. The standard InChI is InChI=1S/C34H39FO2/c1-21-8-15-33(35)31(17-21)28-13-9-24(18-30(28)32-7-6-16-34(32,4)5)20-37-26-12-10-25-11-14-27(29(25)19-26)22(2)23(3)36/h8-10,12-13,15,17-19,22,27,32H,6-7,11,14,16,20H2,1-5H3/t22-,27+,32-/m1/s1. The molecule has 0 heterocycles. The maximum Gasteiger partial charge on any atom is 0.133 e. The maximum atomic E-state index is 15.0. The minimum atomic E-state index is -0.167. The zero-order chi connectivity index (χ0) is 26.3. The van der Waals surface area contributed by atoms with Crippen molar-refractivity contribution in [2.75, 3.05) is 0 Å². The number of hydrogen-bond acceptors (Lipinski definition) is 2. The van der Waals surface area contributed by atoms with Gasteiger partial charge in [0, 0.05) is 11.5 Å². The van der Waals surface area contributed by atoms with Crippen LogP contribution >= 0.6 is 0 Å². The van der Waals surface area contributed by atoms with Crippen LogP contribution in [0.1, 0.15) is 93.0 Å². The first-order valence-corrected chi connectivity index (χ1v) is 13.8. The van der Waals surface area contributed by atoms with Gasteiger partial charge in [-0.2, -0.15) is 0 Å². The van der Waals surface area contributed by atoms with Crippen LogP contribution in [-0.4, -0.2) is 5.78 Å². The van der Waals surface area contributed by atoms with Gasteiger partial charge in [-0.3, -0.25) is 4.79 Å². The topological polar surface area (TPSA) is 26.3 Å². The van der Waals surface area contributed by atoms with Crippen molar-refractivity contribution in [3.8, 4) is 16.9 Å². The van der Waals surface area contributed by atoms with Crippen molar-refractivity contribution in [1.82, 2.24) is 0 Å². The Hall–Kier alpha value is -2.94. The summed E-state index contributed by atoms with van der Waals surface area (Å²) in [5, 5.41) is 0. The van der Waals surface area contributed by atoms with Crippen molar-refractivity contribution < 1.29 is 13.9 Å². The van der Waals surface area contributed by atoms with E-state index < -0.39 is 0 Å². The summed E-state index contributed by atoms with van der Waals surface area (Å²) in [5.74, 6) is 1.61. The normalized spacial score (nSPS) is 21.0. The van der Waals surface area contributed by atoms with Crippen LogP contribution in [0.2, 0.25) is 0 Å². The number of fused-ring (bicyclic) bond motifs is 1. The highest BCUT2D eigenvalue weighted by Crippen LogP contribution is 2.51. The van der Waals surface area contributed by atoms with E-state index in [1.54, 1.807) is 13.0 Å². The molecule has 2 nitrogen and oxygen atoms in total. The Morgan fingerprint density at radius 1 is 1.03 bits per heavy atom. The highest BCUT2D eigenvalue weighted by Gasteiger charge is 2.37. The first-order chi connectivity index (χ1) is 17.6. The van der Waals surface area contributed by atoms with Crippen molar-refractivity contribution in [1.29, 1.82) is 0 Å². The fourth-order valence-electron chi connectivity index (χ4n) is 6.66. The van der Waals surface area contributed by atoms with E-state index in [1.807, 2.05) is 26.0 Å². The molecule has 0 spiro atoms. The average Bonchev–Trinajstić information content (AvgIpc) is 3.45. The molecule has 0 bridgehead atoms. The molecule has 0 aromatic heterocycles. The predicted molar refractivity (Wildman–Crippen MR) is 149 cm³/mol. The summed E-state index contributed by atoms with van der Waals surface area (Å²) in [7, 11) is 0. The van der Waals surface area contributed by atoms with Crippen LogP contribution in [0.3, 0.4) is 0 Å². The summed E-state index contributed by atoms with van der Waals surface area (Å²) in [4.78, 5) is 12.0. The smallest absolute Gasteiger partial charge is 0.133 e. The summed E-state index contributed by atoms with van der Waals surface area (Å²) in [5.41, 5.74) is 7.87. The van der Waals surface area contributed by atoms with Gasteiger partial charge in [0.25, 0.3) is 0 Å². The second-order valence-electron chi connectivity index (χ2n) is 12.0. The molecule has 0 unspecified atom stereocenters. The SMILES string of the molecule is CC(=O)[C@@H](C)[C@@H]1CCc2ccc(OCc3ccc(-c4cc(C)ccc4F)c([C@H]4CCCC4(C)C)c3)cc21. The summed E-state index contributed by atoms with van der Waals surface area (Å²) < 4.78 is 21.3. The van der Waals surface area contributed by atoms with Gasteiger partial charge in [-0.1, -0.05) is 63.1 Å². The Morgan fingerprint density at radius 3 is 2.57 bits per heavy atom. The molecule has 3 aromatic rings. The third kappa shape index (κ3) is 5.10. The fourth-order valence-corrected chi connectivity index (χ4v) is 6.66. The third-order valence-electron chi connectivity index (χ3n) is 9.05. The number of benzene rings is 3. The second-order valence-corrected chi connectivity index (χ2v) is 12.0. The number of ketones is 1. The number of ether oxygens (including phenoxy) is 1. The van der Waals surface area contributed by atoms with Crippen molar-refractivity contribution in [2.45, 2.75) is 85.2 Å². The maximum absolute atomic E-state index is 15.0. The molecule has 3 heteroatoms. The summed E-state index contributed by atoms with van der Waals surface area (Å²) in [6.45, 7) is 10.9. The van der Waals surface area contributed by atoms with Crippen LogP contribution in [0.4, 0.5) is 4.39 Å². The molecule has 2 aliphatic carbocycles. The van der Waals surface area contributed by atoms with Crippen molar-refractivity contribution in [3.05, 3.63) is 88.2 Å². The van der Waals surface area contributed by atoms with Gasteiger partial charge in [-0.05, 0) is 109 Å². The average molecular weight is 499 g/mol. The van der Waals surface area contributed by atoms with Gasteiger partial charge in [0.1, 0.15) is 24.0 Å². The van der Waals surface area contributed by atoms with Crippen LogP contribution < -0.4 is 4.74 Å². The zero-order valence-corrected chi connectivity index (χ0v) is 22.9. The van der Waals surface area contributed by atoms with Crippen molar-refractivity contribution in [2.24, 2.45) is 11.3 Å². The van der Waals surface area contributed by atoms with E-state index in [9.17, 15) is 9.18 Å². The van der Waals surface area contributed by atoms with Gasteiger partial charge in [-0.25, -0.2) is 4.39 Å². The lowest BCUT2D eigenvalue weighted by atomic mass is 9.75. The Bertz CT molecular complexity index is 1320. The number of carbonyl (C=O) groups is 1. The highest BCUT2D eigenvalue weighted by molar-refractivity contribution is 5.79. The van der Waals surface area contributed by atoms with E-state index in [4.69, 9.17) is 4.74 Å². The minimum Gasteiger partial charge on any atom is -0.489 e. The molecule has 0 amide bonds. The number of aryl methyl sites for hydroxylation is 2. The lowest BCUT2D eigenvalue weighted by molar-refractivity contribution is -0.120. The van der Waals surface area contributed by atoms with Crippen molar-refractivity contribution >= 4 is 5.78 Å². The first kappa shape index (κ1) is 25.7. The molecule has 0 N–H and O–H groups in total. The molecule has 3 atom stereocenters. The van der Waals surface area contributed by atoms with E-state index in [-0.39, 0.29) is 28.9 Å². The number of hydrogen-bond donors (Lipinski definition) is 0. The van der Waals surface area contributed by atoms with Crippen LogP contribution in [0.5, 0.6) is 5.75 Å². The van der Waals surface area contributed by atoms with E-state index in [1.165, 1.54) is 29.5 Å². The summed E-state index contributed by atoms with van der Waals surface area (Å²) in [6.07, 6.45) is 5.55. The van der Waals surface area contributed by atoms with Crippen molar-refractivity contribution in [3.63, 3.8) is 0 Å². The van der Waals surface area contributed by atoms with Gasteiger partial charge < -0.3 is 4.74 Å². The van der Waals surface area contributed by atoms with Crippen LogP contribution in [-0.2, 0) is 17.8 Å². The Morgan fingerprint density at radius 2 is 1.84 bits per heavy atom. The Labute approximate surface area is 221 Å². The Balaban J connectivity index is 1.44. The highest BCUT2D eigenvalue weighted by atomic mass is 19.1. The second kappa shape index (κ2) is 10.1. The molecule has 5 rings (SSSR count). The van der Waals surface area contributed by atoms with Gasteiger partial charge in [0.05, 0.1) is 0 Å². The molecular formula is C34H39FO2. The molecule has 2 aliphatic rings. The fraction of sp³-hybridized carbons (Fsp3) is 0.441. The molecule has 1 fully saturated rings. The van der Waals surface area contributed by atoms with E-state index in [2.05, 4.69) is 50.2 Å². The lowest BCUT2D eigenvalue weighted by Crippen LogP contribution is -2.17. The van der Waals surface area contributed by atoms with Crippen LogP contribution in [0.25, 0.3) is 11.1 Å². The first-order valence-electron chi connectivity index (χ1n) is 13.8. The minimum absolute atomic E-state index is 0.0309. The lowest BCUT2D eigenvalue weighted by Gasteiger charge is -2.30.